The number of hydrogen-bond acceptors (Lipinski definition) is 5. The number of nitrogens with zero attached hydrogens (tertiary/aromatic N) is 3. The molecule has 1 amide bonds. The van der Waals surface area contributed by atoms with E-state index in [0.717, 1.165) is 22.5 Å². The second-order valence-electron chi connectivity index (χ2n) is 5.49. The van der Waals surface area contributed by atoms with E-state index < -0.39 is 0 Å². The Morgan fingerprint density at radius 2 is 2.08 bits per heavy atom. The molecule has 124 valence electrons. The maximum atomic E-state index is 12.5. The van der Waals surface area contributed by atoms with Crippen molar-refractivity contribution in [1.29, 1.82) is 0 Å². The molecule has 0 saturated heterocycles. The Labute approximate surface area is 143 Å². The minimum atomic E-state index is -0.256. The Balaban J connectivity index is 1.83. The number of benzene rings is 1. The molecule has 1 atom stereocenters. The molecule has 0 saturated carbocycles. The van der Waals surface area contributed by atoms with E-state index in [1.165, 1.54) is 16.0 Å². The number of rotatable bonds is 5. The van der Waals surface area contributed by atoms with E-state index in [-0.39, 0.29) is 24.1 Å². The fourth-order valence-corrected chi connectivity index (χ4v) is 3.41. The third kappa shape index (κ3) is 3.21. The average Bonchev–Trinajstić information content (AvgIpc) is 3.12. The molecular formula is C17H18N4O2S. The van der Waals surface area contributed by atoms with Crippen LogP contribution in [-0.2, 0) is 11.3 Å². The van der Waals surface area contributed by atoms with Crippen molar-refractivity contribution in [3.8, 4) is 0 Å². The summed E-state index contributed by atoms with van der Waals surface area (Å²) in [5.41, 5.74) is 0.471. The zero-order chi connectivity index (χ0) is 17.1. The standard InChI is InChI=1S/C17H18N4O2S/c1-3-14(16-18-8-9-24-16)19-15(22)10-21-17(23)13-7-5-4-6-12(13)11(2)20-21/h4-9,14H,3,10H2,1-2H3,(H,19,22). The largest absolute Gasteiger partial charge is 0.345 e. The molecule has 7 heteroatoms. The number of aryl methyl sites for hydroxylation is 1. The highest BCUT2D eigenvalue weighted by Crippen LogP contribution is 2.18. The van der Waals surface area contributed by atoms with Crippen LogP contribution < -0.4 is 10.9 Å². The van der Waals surface area contributed by atoms with Gasteiger partial charge in [-0.25, -0.2) is 9.67 Å². The second-order valence-corrected chi connectivity index (χ2v) is 6.42. The third-order valence-corrected chi connectivity index (χ3v) is 4.73. The molecule has 0 fully saturated rings. The highest BCUT2D eigenvalue weighted by molar-refractivity contribution is 7.09. The SMILES string of the molecule is CCC(NC(=O)Cn1nc(C)c2ccccc2c1=O)c1nccs1. The summed E-state index contributed by atoms with van der Waals surface area (Å²) in [5, 5.41) is 11.3. The predicted octanol–water partition coefficient (Wildman–Crippen LogP) is 2.43. The maximum absolute atomic E-state index is 12.5. The number of carbonyl (C=O) groups is 1. The molecule has 1 aromatic carbocycles. The van der Waals surface area contributed by atoms with Crippen LogP contribution in [0.4, 0.5) is 0 Å². The van der Waals surface area contributed by atoms with Crippen LogP contribution in [0.1, 0.15) is 30.1 Å². The van der Waals surface area contributed by atoms with Crippen molar-refractivity contribution in [2.75, 3.05) is 0 Å². The van der Waals surface area contributed by atoms with Gasteiger partial charge in [0.15, 0.2) is 0 Å². The van der Waals surface area contributed by atoms with Gasteiger partial charge in [-0.15, -0.1) is 11.3 Å². The lowest BCUT2D eigenvalue weighted by atomic mass is 10.1. The van der Waals surface area contributed by atoms with Gasteiger partial charge in [0.1, 0.15) is 11.6 Å². The van der Waals surface area contributed by atoms with Gasteiger partial charge in [-0.2, -0.15) is 5.10 Å². The van der Waals surface area contributed by atoms with Crippen molar-refractivity contribution >= 4 is 28.0 Å². The van der Waals surface area contributed by atoms with Gasteiger partial charge in [0, 0.05) is 17.0 Å². The Morgan fingerprint density at radius 3 is 2.75 bits per heavy atom. The number of hydrogen-bond donors (Lipinski definition) is 1. The normalized spacial score (nSPS) is 12.2. The molecule has 3 aromatic rings. The first-order valence-corrected chi connectivity index (χ1v) is 8.63. The van der Waals surface area contributed by atoms with Crippen LogP contribution in [0.2, 0.25) is 0 Å². The Morgan fingerprint density at radius 1 is 1.33 bits per heavy atom. The van der Waals surface area contributed by atoms with Crippen molar-refractivity contribution in [2.24, 2.45) is 0 Å². The number of aromatic nitrogens is 3. The summed E-state index contributed by atoms with van der Waals surface area (Å²) < 4.78 is 1.22. The fraction of sp³-hybridized carbons (Fsp3) is 0.294. The van der Waals surface area contributed by atoms with Crippen molar-refractivity contribution in [1.82, 2.24) is 20.1 Å². The van der Waals surface area contributed by atoms with Crippen molar-refractivity contribution in [3.05, 3.63) is 56.9 Å². The lowest BCUT2D eigenvalue weighted by Gasteiger charge is -2.15. The van der Waals surface area contributed by atoms with E-state index in [4.69, 9.17) is 0 Å². The summed E-state index contributed by atoms with van der Waals surface area (Å²) in [7, 11) is 0. The molecule has 0 bridgehead atoms. The zero-order valence-electron chi connectivity index (χ0n) is 13.5. The number of nitrogens with one attached hydrogen (secondary N) is 1. The number of thiazole rings is 1. The topological polar surface area (TPSA) is 76.9 Å². The molecule has 2 aromatic heterocycles. The third-order valence-electron chi connectivity index (χ3n) is 3.84. The summed E-state index contributed by atoms with van der Waals surface area (Å²) in [6.45, 7) is 3.71. The second kappa shape index (κ2) is 6.92. The van der Waals surface area contributed by atoms with E-state index >= 15 is 0 Å². The van der Waals surface area contributed by atoms with E-state index in [2.05, 4.69) is 15.4 Å². The molecule has 6 nitrogen and oxygen atoms in total. The Bertz CT molecular complexity index is 918. The number of amides is 1. The van der Waals surface area contributed by atoms with Gasteiger partial charge in [0.2, 0.25) is 5.91 Å². The molecule has 2 heterocycles. The summed E-state index contributed by atoms with van der Waals surface area (Å²) >= 11 is 1.50. The van der Waals surface area contributed by atoms with Crippen LogP contribution in [0, 0.1) is 6.92 Å². The first-order valence-electron chi connectivity index (χ1n) is 7.75. The molecule has 1 unspecified atom stereocenters. The highest BCUT2D eigenvalue weighted by Gasteiger charge is 2.16. The van der Waals surface area contributed by atoms with Crippen LogP contribution >= 0.6 is 11.3 Å². The summed E-state index contributed by atoms with van der Waals surface area (Å²) in [6.07, 6.45) is 2.45. The molecule has 0 spiro atoms. The lowest BCUT2D eigenvalue weighted by molar-refractivity contribution is -0.122. The first kappa shape index (κ1) is 16.3. The first-order chi connectivity index (χ1) is 11.6. The van der Waals surface area contributed by atoms with Crippen LogP contribution in [0.5, 0.6) is 0 Å². The maximum Gasteiger partial charge on any atom is 0.275 e. The zero-order valence-corrected chi connectivity index (χ0v) is 14.3. The highest BCUT2D eigenvalue weighted by atomic mass is 32.1. The van der Waals surface area contributed by atoms with Gasteiger partial charge in [0.25, 0.3) is 5.56 Å². The molecule has 3 rings (SSSR count). The molecule has 0 aliphatic heterocycles. The summed E-state index contributed by atoms with van der Waals surface area (Å²) in [4.78, 5) is 29.1. The molecular weight excluding hydrogens is 324 g/mol. The fourth-order valence-electron chi connectivity index (χ4n) is 2.63. The van der Waals surface area contributed by atoms with E-state index in [9.17, 15) is 9.59 Å². The van der Waals surface area contributed by atoms with E-state index in [1.807, 2.05) is 37.4 Å². The van der Waals surface area contributed by atoms with Crippen molar-refractivity contribution in [2.45, 2.75) is 32.9 Å². The number of fused-ring (bicyclic) bond motifs is 1. The molecule has 0 aliphatic rings. The molecule has 0 aliphatic carbocycles. The summed E-state index contributed by atoms with van der Waals surface area (Å²) in [5.74, 6) is -0.249. The van der Waals surface area contributed by atoms with Crippen LogP contribution in [0.25, 0.3) is 10.8 Å². The lowest BCUT2D eigenvalue weighted by Crippen LogP contribution is -2.36. The summed E-state index contributed by atoms with van der Waals surface area (Å²) in [6, 6.07) is 7.15. The molecule has 0 radical (unpaired) electrons. The minimum Gasteiger partial charge on any atom is -0.345 e. The van der Waals surface area contributed by atoms with E-state index in [0.29, 0.717) is 5.39 Å². The van der Waals surface area contributed by atoms with Gasteiger partial charge >= 0.3 is 0 Å². The monoisotopic (exact) mass is 342 g/mol. The van der Waals surface area contributed by atoms with Gasteiger partial charge in [-0.1, -0.05) is 25.1 Å². The number of carbonyl (C=O) groups excluding carboxylic acids is 1. The van der Waals surface area contributed by atoms with E-state index in [1.54, 1.807) is 12.3 Å². The van der Waals surface area contributed by atoms with Crippen LogP contribution in [-0.4, -0.2) is 20.7 Å². The Hall–Kier alpha value is -2.54. The van der Waals surface area contributed by atoms with Crippen molar-refractivity contribution < 1.29 is 4.79 Å². The quantitative estimate of drug-likeness (QED) is 0.772. The van der Waals surface area contributed by atoms with Gasteiger partial charge < -0.3 is 5.32 Å². The Kier molecular flexibility index (Phi) is 4.71. The van der Waals surface area contributed by atoms with Gasteiger partial charge in [-0.05, 0) is 19.4 Å². The van der Waals surface area contributed by atoms with Crippen molar-refractivity contribution in [3.63, 3.8) is 0 Å². The molecule has 24 heavy (non-hydrogen) atoms. The van der Waals surface area contributed by atoms with Gasteiger partial charge in [-0.3, -0.25) is 9.59 Å². The van der Waals surface area contributed by atoms with Gasteiger partial charge in [0.05, 0.1) is 17.1 Å². The minimum absolute atomic E-state index is 0.105. The average molecular weight is 342 g/mol. The predicted molar refractivity (Wildman–Crippen MR) is 94.0 cm³/mol. The molecule has 1 N–H and O–H groups in total. The van der Waals surface area contributed by atoms with Crippen LogP contribution in [0.15, 0.2) is 40.6 Å². The van der Waals surface area contributed by atoms with Crippen LogP contribution in [0.3, 0.4) is 0 Å². The smallest absolute Gasteiger partial charge is 0.275 e.